The Morgan fingerprint density at radius 1 is 1.11 bits per heavy atom. The van der Waals surface area contributed by atoms with Gasteiger partial charge in [-0.1, -0.05) is 19.1 Å². The molecule has 0 aliphatic heterocycles. The standard InChI is InChI=1S/C20H24N4O3/c1-2-19(25)21-11-5-10-18-23-16-8-3-4-9-17(16)24(18)14-20(26)22-13-15-7-6-12-27-15/h3-4,6-9,12H,2,5,10-11,13-14H2,1H3,(H,21,25)(H,22,26). The smallest absolute Gasteiger partial charge is 0.240 e. The first-order valence-electron chi connectivity index (χ1n) is 9.17. The Kier molecular flexibility index (Phi) is 6.25. The first-order valence-corrected chi connectivity index (χ1v) is 9.17. The number of nitrogens with zero attached hydrogens (tertiary/aromatic N) is 2. The van der Waals surface area contributed by atoms with Gasteiger partial charge in [0.15, 0.2) is 0 Å². The van der Waals surface area contributed by atoms with Crippen LogP contribution in [-0.4, -0.2) is 27.9 Å². The predicted molar refractivity (Wildman–Crippen MR) is 102 cm³/mol. The minimum atomic E-state index is -0.102. The van der Waals surface area contributed by atoms with Gasteiger partial charge in [0.25, 0.3) is 0 Å². The van der Waals surface area contributed by atoms with Crippen LogP contribution >= 0.6 is 0 Å². The third-order valence-electron chi connectivity index (χ3n) is 4.30. The summed E-state index contributed by atoms with van der Waals surface area (Å²) in [6.07, 6.45) is 3.52. The number of carbonyl (C=O) groups excluding carboxylic acids is 2. The largest absolute Gasteiger partial charge is 0.467 e. The van der Waals surface area contributed by atoms with Gasteiger partial charge >= 0.3 is 0 Å². The van der Waals surface area contributed by atoms with Gasteiger partial charge in [-0.15, -0.1) is 0 Å². The molecule has 1 aromatic carbocycles. The summed E-state index contributed by atoms with van der Waals surface area (Å²) in [5, 5.41) is 5.73. The fourth-order valence-corrected chi connectivity index (χ4v) is 2.89. The number of benzene rings is 1. The third kappa shape index (κ3) is 4.97. The van der Waals surface area contributed by atoms with E-state index < -0.39 is 0 Å². The highest BCUT2D eigenvalue weighted by Crippen LogP contribution is 2.17. The summed E-state index contributed by atoms with van der Waals surface area (Å²) in [5.41, 5.74) is 1.79. The molecule has 0 bridgehead atoms. The molecular weight excluding hydrogens is 344 g/mol. The molecule has 3 aromatic rings. The van der Waals surface area contributed by atoms with Crippen molar-refractivity contribution in [2.45, 2.75) is 39.3 Å². The number of imidazole rings is 1. The van der Waals surface area contributed by atoms with E-state index in [-0.39, 0.29) is 18.4 Å². The molecule has 0 aliphatic carbocycles. The van der Waals surface area contributed by atoms with Gasteiger partial charge in [0.2, 0.25) is 11.8 Å². The first-order chi connectivity index (χ1) is 13.2. The molecular formula is C20H24N4O3. The number of nitrogens with one attached hydrogen (secondary N) is 2. The lowest BCUT2D eigenvalue weighted by Crippen LogP contribution is -2.28. The summed E-state index contributed by atoms with van der Waals surface area (Å²) in [5.74, 6) is 1.50. The number of carbonyl (C=O) groups is 2. The van der Waals surface area contributed by atoms with Crippen molar-refractivity contribution in [3.8, 4) is 0 Å². The Bertz CT molecular complexity index is 899. The number of rotatable bonds is 9. The molecule has 7 heteroatoms. The maximum atomic E-state index is 12.4. The fraction of sp³-hybridized carbons (Fsp3) is 0.350. The van der Waals surface area contributed by atoms with Crippen LogP contribution in [0.2, 0.25) is 0 Å². The molecule has 0 spiro atoms. The lowest BCUT2D eigenvalue weighted by molar-refractivity contribution is -0.122. The van der Waals surface area contributed by atoms with E-state index in [0.717, 1.165) is 23.3 Å². The van der Waals surface area contributed by atoms with E-state index in [1.54, 1.807) is 12.3 Å². The molecule has 2 N–H and O–H groups in total. The molecule has 7 nitrogen and oxygen atoms in total. The van der Waals surface area contributed by atoms with Gasteiger partial charge in [0.05, 0.1) is 23.8 Å². The molecule has 2 amide bonds. The quantitative estimate of drug-likeness (QED) is 0.568. The van der Waals surface area contributed by atoms with E-state index in [2.05, 4.69) is 15.6 Å². The fourth-order valence-electron chi connectivity index (χ4n) is 2.89. The van der Waals surface area contributed by atoms with Crippen LogP contribution in [0.25, 0.3) is 11.0 Å². The van der Waals surface area contributed by atoms with Crippen molar-refractivity contribution in [3.05, 3.63) is 54.2 Å². The van der Waals surface area contributed by atoms with Crippen LogP contribution < -0.4 is 10.6 Å². The van der Waals surface area contributed by atoms with Crippen LogP contribution in [0.4, 0.5) is 0 Å². The highest BCUT2D eigenvalue weighted by Gasteiger charge is 2.13. The predicted octanol–water partition coefficient (Wildman–Crippen LogP) is 2.40. The second-order valence-electron chi connectivity index (χ2n) is 6.27. The van der Waals surface area contributed by atoms with Gasteiger partial charge in [-0.2, -0.15) is 0 Å². The molecule has 27 heavy (non-hydrogen) atoms. The summed E-state index contributed by atoms with van der Waals surface area (Å²) in [6, 6.07) is 11.4. The average molecular weight is 368 g/mol. The number of aromatic nitrogens is 2. The average Bonchev–Trinajstić information content (AvgIpc) is 3.32. The zero-order chi connectivity index (χ0) is 19.1. The Morgan fingerprint density at radius 3 is 2.74 bits per heavy atom. The maximum Gasteiger partial charge on any atom is 0.240 e. The highest BCUT2D eigenvalue weighted by molar-refractivity contribution is 5.81. The Morgan fingerprint density at radius 2 is 1.96 bits per heavy atom. The molecule has 0 unspecified atom stereocenters. The van der Waals surface area contributed by atoms with Crippen molar-refractivity contribution in [1.82, 2.24) is 20.2 Å². The van der Waals surface area contributed by atoms with Crippen LogP contribution in [0, 0.1) is 0 Å². The van der Waals surface area contributed by atoms with E-state index in [9.17, 15) is 9.59 Å². The minimum Gasteiger partial charge on any atom is -0.467 e. The van der Waals surface area contributed by atoms with E-state index in [0.29, 0.717) is 31.7 Å². The van der Waals surface area contributed by atoms with Crippen molar-refractivity contribution in [2.75, 3.05) is 6.54 Å². The Labute approximate surface area is 157 Å². The van der Waals surface area contributed by atoms with Crippen molar-refractivity contribution < 1.29 is 14.0 Å². The van der Waals surface area contributed by atoms with E-state index in [1.165, 1.54) is 0 Å². The number of hydrogen-bond acceptors (Lipinski definition) is 4. The topological polar surface area (TPSA) is 89.2 Å². The number of amides is 2. The second-order valence-corrected chi connectivity index (χ2v) is 6.27. The maximum absolute atomic E-state index is 12.4. The molecule has 2 aromatic heterocycles. The lowest BCUT2D eigenvalue weighted by Gasteiger charge is -2.10. The van der Waals surface area contributed by atoms with E-state index in [1.807, 2.05) is 41.8 Å². The molecule has 3 rings (SSSR count). The van der Waals surface area contributed by atoms with Gasteiger partial charge in [-0.05, 0) is 30.7 Å². The third-order valence-corrected chi connectivity index (χ3v) is 4.30. The molecule has 0 saturated carbocycles. The Balaban J connectivity index is 1.66. The number of aryl methyl sites for hydroxylation is 1. The molecule has 0 atom stereocenters. The van der Waals surface area contributed by atoms with Gasteiger partial charge in [0.1, 0.15) is 18.1 Å². The zero-order valence-corrected chi connectivity index (χ0v) is 15.4. The minimum absolute atomic E-state index is 0.0424. The van der Waals surface area contributed by atoms with Crippen molar-refractivity contribution in [1.29, 1.82) is 0 Å². The van der Waals surface area contributed by atoms with Gasteiger partial charge < -0.3 is 19.6 Å². The van der Waals surface area contributed by atoms with Crippen LogP contribution in [0.15, 0.2) is 47.1 Å². The van der Waals surface area contributed by atoms with Crippen molar-refractivity contribution in [2.24, 2.45) is 0 Å². The molecule has 142 valence electrons. The van der Waals surface area contributed by atoms with E-state index >= 15 is 0 Å². The molecule has 0 saturated heterocycles. The van der Waals surface area contributed by atoms with Crippen molar-refractivity contribution in [3.63, 3.8) is 0 Å². The monoisotopic (exact) mass is 368 g/mol. The lowest BCUT2D eigenvalue weighted by atomic mass is 10.3. The van der Waals surface area contributed by atoms with Crippen LogP contribution in [0.3, 0.4) is 0 Å². The van der Waals surface area contributed by atoms with Gasteiger partial charge in [0, 0.05) is 19.4 Å². The summed E-state index contributed by atoms with van der Waals surface area (Å²) in [6.45, 7) is 2.98. The first kappa shape index (κ1) is 18.7. The molecule has 0 fully saturated rings. The molecule has 2 heterocycles. The number of fused-ring (bicyclic) bond motifs is 1. The Hall–Kier alpha value is -3.09. The van der Waals surface area contributed by atoms with Crippen LogP contribution in [0.1, 0.15) is 31.4 Å². The number of hydrogen-bond donors (Lipinski definition) is 2. The summed E-state index contributed by atoms with van der Waals surface area (Å²) < 4.78 is 7.18. The van der Waals surface area contributed by atoms with Crippen LogP contribution in [-0.2, 0) is 29.1 Å². The van der Waals surface area contributed by atoms with Gasteiger partial charge in [-0.3, -0.25) is 9.59 Å². The van der Waals surface area contributed by atoms with Crippen molar-refractivity contribution >= 4 is 22.8 Å². The zero-order valence-electron chi connectivity index (χ0n) is 15.4. The second kappa shape index (κ2) is 9.02. The SMILES string of the molecule is CCC(=O)NCCCc1nc2ccccc2n1CC(=O)NCc1ccco1. The summed E-state index contributed by atoms with van der Waals surface area (Å²) in [4.78, 5) is 28.4. The normalized spacial score (nSPS) is 10.9. The van der Waals surface area contributed by atoms with E-state index in [4.69, 9.17) is 4.42 Å². The number of para-hydroxylation sites is 2. The molecule has 0 radical (unpaired) electrons. The summed E-state index contributed by atoms with van der Waals surface area (Å²) >= 11 is 0. The summed E-state index contributed by atoms with van der Waals surface area (Å²) in [7, 11) is 0. The van der Waals surface area contributed by atoms with Gasteiger partial charge in [-0.25, -0.2) is 4.98 Å². The van der Waals surface area contributed by atoms with Crippen LogP contribution in [0.5, 0.6) is 0 Å². The number of furan rings is 1. The molecule has 0 aliphatic rings. The highest BCUT2D eigenvalue weighted by atomic mass is 16.3.